The van der Waals surface area contributed by atoms with Crippen LogP contribution < -0.4 is 0 Å². The van der Waals surface area contributed by atoms with E-state index in [1.54, 1.807) is 0 Å². The van der Waals surface area contributed by atoms with Crippen LogP contribution in [0, 0.1) is 0 Å². The van der Waals surface area contributed by atoms with Gasteiger partial charge < -0.3 is 0 Å². The molecule has 0 aromatic rings. The number of rotatable bonds is 0. The second-order valence-corrected chi connectivity index (χ2v) is 2.87. The Labute approximate surface area is 51.1 Å². The Hall–Kier alpha value is 1.12. The molecule has 0 spiro atoms. The van der Waals surface area contributed by atoms with Gasteiger partial charge in [-0.05, 0) is 0 Å². The summed E-state index contributed by atoms with van der Waals surface area (Å²) in [5.41, 5.74) is 0. The smallest absolute Gasteiger partial charge is 0 e. The summed E-state index contributed by atoms with van der Waals surface area (Å²) >= 11 is -7.18. The van der Waals surface area contributed by atoms with Gasteiger partial charge in [-0.25, -0.2) is 0 Å². The van der Waals surface area contributed by atoms with Crippen LogP contribution in [0.4, 0.5) is 11.5 Å². The van der Waals surface area contributed by atoms with Crippen molar-refractivity contribution >= 4 is 39.5 Å². The van der Waals surface area contributed by atoms with Crippen molar-refractivity contribution in [1.82, 2.24) is 0 Å². The Balaban J connectivity index is 0. The molecule has 6 heavy (non-hydrogen) atoms. The average Bonchev–Trinajstić information content (AvgIpc) is 0.722. The van der Waals surface area contributed by atoms with Crippen molar-refractivity contribution in [3.05, 3.63) is 0 Å². The van der Waals surface area contributed by atoms with E-state index in [-0.39, 0.29) is 18.9 Å². The molecule has 0 rings (SSSR count). The predicted octanol–water partition coefficient (Wildman–Crippen LogP) is 0.919. The first kappa shape index (κ1) is 10.2. The molecule has 6 heteroatoms. The van der Waals surface area contributed by atoms with Gasteiger partial charge in [-0.1, -0.05) is 0 Å². The zero-order valence-electron chi connectivity index (χ0n) is 3.01. The first-order valence-electron chi connectivity index (χ1n) is 0.756. The first-order chi connectivity index (χ1) is 2.00. The van der Waals surface area contributed by atoms with Gasteiger partial charge >= 0.3 is 32.1 Å². The van der Waals surface area contributed by atoms with E-state index in [0.29, 0.717) is 0 Å². The molecule has 0 aliphatic heterocycles. The second-order valence-electron chi connectivity index (χ2n) is 0.429. The number of hydrogen-bond donors (Lipinski definition) is 0. The molecule has 0 unspecified atom stereocenters. The molecule has 33 valence electrons. The van der Waals surface area contributed by atoms with Gasteiger partial charge in [-0.3, -0.25) is 0 Å². The topological polar surface area (TPSA) is 0 Å². The molecule has 0 fully saturated rings. The van der Waals surface area contributed by atoms with Gasteiger partial charge in [-0.15, -0.1) is 0 Å². The van der Waals surface area contributed by atoms with Crippen molar-refractivity contribution in [2.24, 2.45) is 0 Å². The summed E-state index contributed by atoms with van der Waals surface area (Å²) in [6.07, 6.45) is 0. The SMILES string of the molecule is [F][Sn]([F])([F])[F].[Li]. The molecule has 0 heterocycles. The maximum atomic E-state index is 9.90. The van der Waals surface area contributed by atoms with Crippen molar-refractivity contribution in [2.75, 3.05) is 0 Å². The van der Waals surface area contributed by atoms with Crippen LogP contribution in [-0.4, -0.2) is 39.5 Å². The molecule has 0 nitrogen and oxygen atoms in total. The molecule has 0 bridgehead atoms. The molecular weight excluding hydrogens is 202 g/mol. The summed E-state index contributed by atoms with van der Waals surface area (Å²) in [4.78, 5) is 0. The van der Waals surface area contributed by atoms with Crippen LogP contribution in [0.1, 0.15) is 0 Å². The second kappa shape index (κ2) is 3.16. The molecule has 0 amide bonds. The molecule has 0 atom stereocenters. The predicted molar refractivity (Wildman–Crippen MR) is 15.9 cm³/mol. The standard InChI is InChI=1S/4FH.Li.Sn/h4*1H;;/q;;;;;+4/p-4. The zero-order chi connectivity index (χ0) is 4.50. The van der Waals surface area contributed by atoms with E-state index >= 15 is 0 Å². The molecular formula is F4LiSn. The van der Waals surface area contributed by atoms with E-state index in [0.717, 1.165) is 0 Å². The Morgan fingerprint density at radius 1 is 0.833 bits per heavy atom. The fraction of sp³-hybridized carbons (Fsp3) is 0. The Morgan fingerprint density at radius 2 is 0.833 bits per heavy atom. The normalized spacial score (nSPS) is 10.0. The Kier molecular flexibility index (Phi) is 5.36. The molecule has 0 aliphatic rings. The largest absolute Gasteiger partial charge is 0 e. The van der Waals surface area contributed by atoms with Crippen molar-refractivity contribution in [3.63, 3.8) is 0 Å². The fourth-order valence-corrected chi connectivity index (χ4v) is 0. The molecule has 0 saturated carbocycles. The van der Waals surface area contributed by atoms with E-state index in [1.165, 1.54) is 0 Å². The summed E-state index contributed by atoms with van der Waals surface area (Å²) in [7, 11) is 0. The minimum atomic E-state index is -7.18. The Morgan fingerprint density at radius 3 is 0.833 bits per heavy atom. The van der Waals surface area contributed by atoms with Gasteiger partial charge in [0.25, 0.3) is 0 Å². The van der Waals surface area contributed by atoms with Crippen molar-refractivity contribution in [2.45, 2.75) is 0 Å². The van der Waals surface area contributed by atoms with E-state index in [4.69, 9.17) is 0 Å². The third-order valence-corrected chi connectivity index (χ3v) is 0. The summed E-state index contributed by atoms with van der Waals surface area (Å²) in [5.74, 6) is 0. The molecule has 0 aromatic carbocycles. The van der Waals surface area contributed by atoms with Crippen LogP contribution >= 0.6 is 0 Å². The van der Waals surface area contributed by atoms with Gasteiger partial charge in [0.15, 0.2) is 0 Å². The van der Waals surface area contributed by atoms with Gasteiger partial charge in [-0.2, -0.15) is 0 Å². The van der Waals surface area contributed by atoms with E-state index in [1.807, 2.05) is 0 Å². The van der Waals surface area contributed by atoms with Crippen LogP contribution in [0.15, 0.2) is 0 Å². The van der Waals surface area contributed by atoms with Crippen LogP contribution in [-0.2, 0) is 0 Å². The van der Waals surface area contributed by atoms with Crippen LogP contribution in [0.3, 0.4) is 0 Å². The molecule has 0 saturated heterocycles. The molecule has 0 aromatic heterocycles. The van der Waals surface area contributed by atoms with E-state index in [2.05, 4.69) is 0 Å². The summed E-state index contributed by atoms with van der Waals surface area (Å²) in [6.45, 7) is 0. The summed E-state index contributed by atoms with van der Waals surface area (Å²) in [6, 6.07) is 0. The van der Waals surface area contributed by atoms with Gasteiger partial charge in [0.2, 0.25) is 0 Å². The van der Waals surface area contributed by atoms with Gasteiger partial charge in [0.05, 0.1) is 0 Å². The van der Waals surface area contributed by atoms with Gasteiger partial charge in [0, 0.05) is 18.9 Å². The molecule has 0 N–H and O–H groups in total. The number of hydrogen-bond acceptors (Lipinski definition) is 0. The van der Waals surface area contributed by atoms with Crippen molar-refractivity contribution < 1.29 is 11.5 Å². The summed E-state index contributed by atoms with van der Waals surface area (Å²) < 4.78 is 39.6. The Bertz CT molecular complexity index is 23.0. The number of halogens is 4. The minimum Gasteiger partial charge on any atom is 0 e. The van der Waals surface area contributed by atoms with Crippen molar-refractivity contribution in [3.8, 4) is 0 Å². The van der Waals surface area contributed by atoms with E-state index in [9.17, 15) is 11.5 Å². The van der Waals surface area contributed by atoms with Crippen LogP contribution in [0.2, 0.25) is 0 Å². The third-order valence-electron chi connectivity index (χ3n) is 0. The summed E-state index contributed by atoms with van der Waals surface area (Å²) in [5, 5.41) is 0. The molecule has 0 aliphatic carbocycles. The van der Waals surface area contributed by atoms with Crippen LogP contribution in [0.25, 0.3) is 0 Å². The first-order valence-corrected chi connectivity index (χ1v) is 5.07. The third kappa shape index (κ3) is 69.6. The maximum Gasteiger partial charge on any atom is 0 e. The minimum absolute atomic E-state index is 0. The average molecular weight is 202 g/mol. The maximum absolute atomic E-state index is 9.90. The van der Waals surface area contributed by atoms with Crippen molar-refractivity contribution in [1.29, 1.82) is 0 Å². The fourth-order valence-electron chi connectivity index (χ4n) is 0. The quantitative estimate of drug-likeness (QED) is 0.404. The van der Waals surface area contributed by atoms with Crippen LogP contribution in [0.5, 0.6) is 0 Å². The van der Waals surface area contributed by atoms with E-state index < -0.39 is 20.7 Å². The molecule has 1 radical (unpaired) electrons. The monoisotopic (exact) mass is 203 g/mol. The zero-order valence-corrected chi connectivity index (χ0v) is 5.87. The van der Waals surface area contributed by atoms with Gasteiger partial charge in [0.1, 0.15) is 0 Å².